The van der Waals surface area contributed by atoms with Gasteiger partial charge in [-0.05, 0) is 47.0 Å². The van der Waals surface area contributed by atoms with Gasteiger partial charge in [-0.2, -0.15) is 5.26 Å². The number of halogens is 2. The number of nitriles is 1. The largest absolute Gasteiger partial charge is 0.349 e. The lowest BCUT2D eigenvalue weighted by Crippen LogP contribution is -2.44. The molecule has 0 saturated carbocycles. The van der Waals surface area contributed by atoms with Gasteiger partial charge in [-0.1, -0.05) is 11.6 Å². The summed E-state index contributed by atoms with van der Waals surface area (Å²) in [4.78, 5) is 14.2. The normalized spacial score (nSPS) is 16.6. The van der Waals surface area contributed by atoms with Crippen LogP contribution in [-0.2, 0) is 0 Å². The molecular formula is C14H15BrClN3O. The van der Waals surface area contributed by atoms with E-state index in [1.807, 2.05) is 0 Å². The Morgan fingerprint density at radius 1 is 1.50 bits per heavy atom. The minimum Gasteiger partial charge on any atom is -0.349 e. The molecule has 0 aromatic heterocycles. The summed E-state index contributed by atoms with van der Waals surface area (Å²) < 4.78 is 0.718. The van der Waals surface area contributed by atoms with Gasteiger partial charge in [0.05, 0.1) is 17.6 Å². The van der Waals surface area contributed by atoms with E-state index in [1.165, 1.54) is 0 Å². The Labute approximate surface area is 131 Å². The molecule has 1 saturated heterocycles. The van der Waals surface area contributed by atoms with Crippen molar-refractivity contribution >= 4 is 33.4 Å². The first-order valence-corrected chi connectivity index (χ1v) is 7.62. The van der Waals surface area contributed by atoms with E-state index in [2.05, 4.69) is 32.2 Å². The van der Waals surface area contributed by atoms with Crippen molar-refractivity contribution in [2.45, 2.75) is 18.9 Å². The molecule has 0 radical (unpaired) electrons. The van der Waals surface area contributed by atoms with Gasteiger partial charge in [-0.25, -0.2) is 0 Å². The van der Waals surface area contributed by atoms with Crippen LogP contribution in [-0.4, -0.2) is 36.5 Å². The summed E-state index contributed by atoms with van der Waals surface area (Å²) in [6, 6.07) is 7.47. The van der Waals surface area contributed by atoms with Crippen LogP contribution in [0.15, 0.2) is 22.7 Å². The summed E-state index contributed by atoms with van der Waals surface area (Å²) in [6.45, 7) is 2.16. The number of benzene rings is 1. The topological polar surface area (TPSA) is 56.1 Å². The Morgan fingerprint density at radius 2 is 2.20 bits per heavy atom. The maximum Gasteiger partial charge on any atom is 0.251 e. The van der Waals surface area contributed by atoms with E-state index < -0.39 is 0 Å². The number of hydrogen-bond donors (Lipinski definition) is 1. The first-order valence-electron chi connectivity index (χ1n) is 6.45. The van der Waals surface area contributed by atoms with Crippen molar-refractivity contribution in [1.29, 1.82) is 5.26 Å². The number of piperidine rings is 1. The molecule has 0 atom stereocenters. The van der Waals surface area contributed by atoms with E-state index in [0.29, 0.717) is 17.1 Å². The molecule has 0 aliphatic carbocycles. The number of nitrogens with zero attached hydrogens (tertiary/aromatic N) is 2. The van der Waals surface area contributed by atoms with E-state index in [4.69, 9.17) is 16.9 Å². The van der Waals surface area contributed by atoms with Crippen molar-refractivity contribution in [1.82, 2.24) is 10.2 Å². The number of carbonyl (C=O) groups excluding carboxylic acids is 1. The molecule has 6 heteroatoms. The second-order valence-corrected chi connectivity index (χ2v) is 6.07. The van der Waals surface area contributed by atoms with Crippen LogP contribution in [0.25, 0.3) is 0 Å². The molecule has 0 unspecified atom stereocenters. The molecule has 0 spiro atoms. The molecule has 1 N–H and O–H groups in total. The zero-order valence-electron chi connectivity index (χ0n) is 10.9. The van der Waals surface area contributed by atoms with Gasteiger partial charge in [-0.3, -0.25) is 9.69 Å². The zero-order valence-corrected chi connectivity index (χ0v) is 13.2. The van der Waals surface area contributed by atoms with Gasteiger partial charge in [0.1, 0.15) is 0 Å². The van der Waals surface area contributed by atoms with Crippen LogP contribution < -0.4 is 5.32 Å². The molecule has 106 valence electrons. The molecule has 4 nitrogen and oxygen atoms in total. The van der Waals surface area contributed by atoms with Crippen molar-refractivity contribution in [3.8, 4) is 6.07 Å². The monoisotopic (exact) mass is 355 g/mol. The number of likely N-dealkylation sites (tertiary alicyclic amines) is 1. The molecule has 1 aliphatic rings. The summed E-state index contributed by atoms with van der Waals surface area (Å²) in [5, 5.41) is 12.3. The summed E-state index contributed by atoms with van der Waals surface area (Å²) in [5.74, 6) is -0.0823. The summed E-state index contributed by atoms with van der Waals surface area (Å²) in [7, 11) is 0. The minimum absolute atomic E-state index is 0.0823. The van der Waals surface area contributed by atoms with Gasteiger partial charge in [0.15, 0.2) is 0 Å². The van der Waals surface area contributed by atoms with Crippen LogP contribution >= 0.6 is 27.5 Å². The second-order valence-electron chi connectivity index (χ2n) is 4.81. The number of rotatable bonds is 3. The van der Waals surface area contributed by atoms with Gasteiger partial charge in [0.2, 0.25) is 0 Å². The van der Waals surface area contributed by atoms with E-state index in [9.17, 15) is 4.79 Å². The Kier molecular flexibility index (Phi) is 5.41. The van der Waals surface area contributed by atoms with Gasteiger partial charge in [0.25, 0.3) is 5.91 Å². The summed E-state index contributed by atoms with van der Waals surface area (Å²) in [5.41, 5.74) is 0.598. The highest BCUT2D eigenvalue weighted by Gasteiger charge is 2.21. The van der Waals surface area contributed by atoms with Crippen molar-refractivity contribution in [3.05, 3.63) is 33.3 Å². The highest BCUT2D eigenvalue weighted by molar-refractivity contribution is 9.10. The summed E-state index contributed by atoms with van der Waals surface area (Å²) in [6.07, 6.45) is 1.75. The lowest BCUT2D eigenvalue weighted by Gasteiger charge is -2.30. The van der Waals surface area contributed by atoms with Crippen molar-refractivity contribution < 1.29 is 4.79 Å². The van der Waals surface area contributed by atoms with Gasteiger partial charge < -0.3 is 5.32 Å². The summed E-state index contributed by atoms with van der Waals surface area (Å²) >= 11 is 9.23. The minimum atomic E-state index is -0.0823. The maximum absolute atomic E-state index is 12.1. The average Bonchev–Trinajstić information content (AvgIpc) is 2.44. The lowest BCUT2D eigenvalue weighted by atomic mass is 10.0. The number of amides is 1. The van der Waals surface area contributed by atoms with Gasteiger partial charge in [-0.15, -0.1) is 0 Å². The van der Waals surface area contributed by atoms with E-state index >= 15 is 0 Å². The van der Waals surface area contributed by atoms with Crippen molar-refractivity contribution in [3.63, 3.8) is 0 Å². The Morgan fingerprint density at radius 3 is 2.80 bits per heavy atom. The number of carbonyl (C=O) groups is 1. The predicted octanol–water partition coefficient (Wildman–Crippen LogP) is 2.82. The molecule has 1 heterocycles. The SMILES string of the molecule is N#CCN1CCC(NC(=O)c2ccc(Cl)c(Br)c2)CC1. The average molecular weight is 357 g/mol. The molecule has 1 aromatic carbocycles. The zero-order chi connectivity index (χ0) is 14.5. The van der Waals surface area contributed by atoms with Crippen LogP contribution in [0.1, 0.15) is 23.2 Å². The predicted molar refractivity (Wildman–Crippen MR) is 81.7 cm³/mol. The lowest BCUT2D eigenvalue weighted by molar-refractivity contribution is 0.0914. The van der Waals surface area contributed by atoms with Crippen LogP contribution in [0.3, 0.4) is 0 Å². The fourth-order valence-corrected chi connectivity index (χ4v) is 2.74. The third-order valence-electron chi connectivity index (χ3n) is 3.40. The first kappa shape index (κ1) is 15.3. The van der Waals surface area contributed by atoms with Crippen LogP contribution in [0.4, 0.5) is 0 Å². The molecule has 1 aliphatic heterocycles. The highest BCUT2D eigenvalue weighted by Crippen LogP contribution is 2.23. The van der Waals surface area contributed by atoms with Gasteiger partial charge in [0, 0.05) is 29.2 Å². The fourth-order valence-electron chi connectivity index (χ4n) is 2.24. The van der Waals surface area contributed by atoms with E-state index in [-0.39, 0.29) is 11.9 Å². The van der Waals surface area contributed by atoms with Crippen LogP contribution in [0.2, 0.25) is 5.02 Å². The standard InChI is InChI=1S/C14H15BrClN3O/c15-12-9-10(1-2-13(12)16)14(20)18-11-3-6-19(7-4-11)8-5-17/h1-2,9,11H,3-4,6-8H2,(H,18,20). The van der Waals surface area contributed by atoms with Crippen molar-refractivity contribution in [2.24, 2.45) is 0 Å². The van der Waals surface area contributed by atoms with E-state index in [1.54, 1.807) is 18.2 Å². The highest BCUT2D eigenvalue weighted by atomic mass is 79.9. The van der Waals surface area contributed by atoms with Crippen LogP contribution in [0.5, 0.6) is 0 Å². The molecule has 1 amide bonds. The molecule has 20 heavy (non-hydrogen) atoms. The third-order valence-corrected chi connectivity index (χ3v) is 4.61. The fraction of sp³-hybridized carbons (Fsp3) is 0.429. The molecule has 0 bridgehead atoms. The van der Waals surface area contributed by atoms with Crippen molar-refractivity contribution in [2.75, 3.05) is 19.6 Å². The quantitative estimate of drug-likeness (QED) is 0.847. The molecule has 1 fully saturated rings. The smallest absolute Gasteiger partial charge is 0.251 e. The third kappa shape index (κ3) is 3.95. The number of nitrogens with one attached hydrogen (secondary N) is 1. The number of hydrogen-bond acceptors (Lipinski definition) is 3. The molecule has 1 aromatic rings. The van der Waals surface area contributed by atoms with Crippen LogP contribution in [0, 0.1) is 11.3 Å². The van der Waals surface area contributed by atoms with E-state index in [0.717, 1.165) is 30.4 Å². The molecular weight excluding hydrogens is 342 g/mol. The van der Waals surface area contributed by atoms with Gasteiger partial charge >= 0.3 is 0 Å². The maximum atomic E-state index is 12.1. The Balaban J connectivity index is 1.89. The Hall–Kier alpha value is -1.09. The Bertz CT molecular complexity index is 536. The first-order chi connectivity index (χ1) is 9.60. The molecule has 2 rings (SSSR count). The second kappa shape index (κ2) is 7.07.